The number of likely N-dealkylation sites (tertiary alicyclic amines) is 2. The third-order valence-electron chi connectivity index (χ3n) is 9.26. The van der Waals surface area contributed by atoms with Crippen molar-refractivity contribution in [1.29, 1.82) is 0 Å². The molecule has 3 aliphatic rings. The molecule has 9 heteroatoms. The molecule has 2 saturated heterocycles. The van der Waals surface area contributed by atoms with Crippen molar-refractivity contribution in [1.82, 2.24) is 29.8 Å². The fourth-order valence-corrected chi connectivity index (χ4v) is 7.35. The van der Waals surface area contributed by atoms with Crippen LogP contribution in [0.1, 0.15) is 48.5 Å². The number of nitrogens with one attached hydrogen (secondary N) is 1. The van der Waals surface area contributed by atoms with Gasteiger partial charge in [-0.3, -0.25) is 19.4 Å². The van der Waals surface area contributed by atoms with E-state index in [1.54, 1.807) is 0 Å². The number of aryl methyl sites for hydroxylation is 1. The van der Waals surface area contributed by atoms with Crippen LogP contribution in [0.3, 0.4) is 0 Å². The molecule has 1 N–H and O–H groups in total. The number of carbonyl (C=O) groups is 2. The highest BCUT2D eigenvalue weighted by Gasteiger charge is 2.54. The summed E-state index contributed by atoms with van der Waals surface area (Å²) >= 11 is 7.04. The number of benzene rings is 2. The van der Waals surface area contributed by atoms with Crippen LogP contribution in [0.4, 0.5) is 0 Å². The van der Waals surface area contributed by atoms with Crippen LogP contribution >= 0.6 is 11.6 Å². The van der Waals surface area contributed by atoms with Crippen LogP contribution in [0.2, 0.25) is 5.02 Å². The molecule has 3 fully saturated rings. The molecule has 2 aromatic carbocycles. The summed E-state index contributed by atoms with van der Waals surface area (Å²) in [4.78, 5) is 28.0. The predicted molar refractivity (Wildman–Crippen MR) is 159 cm³/mol. The van der Waals surface area contributed by atoms with E-state index in [0.717, 1.165) is 89.0 Å². The van der Waals surface area contributed by atoms with Crippen LogP contribution in [-0.4, -0.2) is 61.2 Å². The summed E-state index contributed by atoms with van der Waals surface area (Å²) in [5.41, 5.74) is 8.13. The summed E-state index contributed by atoms with van der Waals surface area (Å²) in [6.45, 7) is 10.8. The highest BCUT2D eigenvalue weighted by Crippen LogP contribution is 2.55. The van der Waals surface area contributed by atoms with E-state index in [9.17, 15) is 9.59 Å². The molecule has 0 atom stereocenters. The van der Waals surface area contributed by atoms with E-state index >= 15 is 0 Å². The van der Waals surface area contributed by atoms with E-state index in [-0.39, 0.29) is 23.3 Å². The minimum atomic E-state index is 0.00896. The number of fused-ring (bicyclic) bond motifs is 1. The molecule has 210 valence electrons. The van der Waals surface area contributed by atoms with E-state index in [2.05, 4.69) is 52.6 Å². The van der Waals surface area contributed by atoms with Crippen LogP contribution in [-0.2, 0) is 16.1 Å². The highest BCUT2D eigenvalue weighted by atomic mass is 35.5. The lowest BCUT2D eigenvalue weighted by atomic mass is 9.60. The Kier molecular flexibility index (Phi) is 6.08. The number of H-pyrrole nitrogens is 1. The maximum absolute atomic E-state index is 12.2. The Morgan fingerprint density at radius 3 is 2.63 bits per heavy atom. The third-order valence-corrected chi connectivity index (χ3v) is 9.75. The largest absolute Gasteiger partial charge is 0.338 e. The van der Waals surface area contributed by atoms with Gasteiger partial charge >= 0.3 is 0 Å². The Labute approximate surface area is 244 Å². The zero-order chi connectivity index (χ0) is 28.5. The van der Waals surface area contributed by atoms with Gasteiger partial charge in [0.2, 0.25) is 11.8 Å². The summed E-state index contributed by atoms with van der Waals surface area (Å²) in [7, 11) is 0. The average Bonchev–Trinajstić information content (AvgIpc) is 3.63. The van der Waals surface area contributed by atoms with E-state index < -0.39 is 0 Å². The Morgan fingerprint density at radius 2 is 1.95 bits per heavy atom. The van der Waals surface area contributed by atoms with E-state index in [1.807, 2.05) is 29.0 Å². The van der Waals surface area contributed by atoms with Crippen LogP contribution in [0.25, 0.3) is 33.3 Å². The number of hydrogen-bond acceptors (Lipinski definition) is 4. The number of rotatable bonds is 6. The van der Waals surface area contributed by atoms with Crippen LogP contribution < -0.4 is 0 Å². The van der Waals surface area contributed by atoms with Crippen molar-refractivity contribution in [2.24, 2.45) is 5.41 Å². The van der Waals surface area contributed by atoms with Gasteiger partial charge in [-0.25, -0.2) is 0 Å². The molecule has 0 bridgehead atoms. The molecule has 41 heavy (non-hydrogen) atoms. The summed E-state index contributed by atoms with van der Waals surface area (Å²) < 4.78 is 2.18. The van der Waals surface area contributed by atoms with Crippen LogP contribution in [0, 0.1) is 19.3 Å². The fourth-order valence-electron chi connectivity index (χ4n) is 7.10. The van der Waals surface area contributed by atoms with Gasteiger partial charge in [0.05, 0.1) is 22.8 Å². The van der Waals surface area contributed by atoms with Crippen molar-refractivity contribution in [2.45, 2.75) is 52.1 Å². The quantitative estimate of drug-likeness (QED) is 0.296. The maximum Gasteiger partial charge on any atom is 0.245 e. The smallest absolute Gasteiger partial charge is 0.245 e. The first-order valence-corrected chi connectivity index (χ1v) is 14.6. The van der Waals surface area contributed by atoms with Crippen LogP contribution in [0.15, 0.2) is 49.2 Å². The van der Waals surface area contributed by atoms with Gasteiger partial charge in [0.25, 0.3) is 0 Å². The van der Waals surface area contributed by atoms with Crippen molar-refractivity contribution in [3.63, 3.8) is 0 Å². The molecule has 7 rings (SSSR count). The number of aromatic amines is 1. The van der Waals surface area contributed by atoms with Gasteiger partial charge in [0.1, 0.15) is 5.69 Å². The van der Waals surface area contributed by atoms with E-state index in [0.29, 0.717) is 18.0 Å². The second kappa shape index (κ2) is 9.58. The SMILES string of the molecule is C=CC(=O)N1CC2(CC(n3nc(-c4ccc(CN5CCCC5=O)cc4)c(-c4c(Cl)c(C)cc5[nH]ncc45)c3C)C2)C1. The first-order valence-electron chi connectivity index (χ1n) is 14.3. The fraction of sp³-hybridized carbons (Fsp3) is 0.375. The van der Waals surface area contributed by atoms with Crippen molar-refractivity contribution < 1.29 is 9.59 Å². The van der Waals surface area contributed by atoms with Gasteiger partial charge in [0.15, 0.2) is 0 Å². The summed E-state index contributed by atoms with van der Waals surface area (Å²) in [6, 6.07) is 10.7. The monoisotopic (exact) mass is 568 g/mol. The van der Waals surface area contributed by atoms with E-state index in [4.69, 9.17) is 16.7 Å². The number of aromatic nitrogens is 4. The Bertz CT molecular complexity index is 1700. The minimum absolute atomic E-state index is 0.00896. The summed E-state index contributed by atoms with van der Waals surface area (Å²) in [5, 5.41) is 14.3. The maximum atomic E-state index is 12.2. The zero-order valence-corrected chi connectivity index (χ0v) is 24.2. The van der Waals surface area contributed by atoms with Gasteiger partial charge in [-0.1, -0.05) is 42.4 Å². The molecular weight excluding hydrogens is 536 g/mol. The molecule has 1 aliphatic carbocycles. The molecule has 1 saturated carbocycles. The molecule has 1 spiro atoms. The topological polar surface area (TPSA) is 87.1 Å². The molecule has 4 heterocycles. The molecule has 2 aliphatic heterocycles. The van der Waals surface area contributed by atoms with E-state index in [1.165, 1.54) is 6.08 Å². The summed E-state index contributed by atoms with van der Waals surface area (Å²) in [5.74, 6) is 0.236. The number of hydrogen-bond donors (Lipinski definition) is 1. The number of nitrogens with zero attached hydrogens (tertiary/aromatic N) is 5. The predicted octanol–water partition coefficient (Wildman–Crippen LogP) is 5.84. The molecule has 0 unspecified atom stereocenters. The first kappa shape index (κ1) is 26.0. The highest BCUT2D eigenvalue weighted by molar-refractivity contribution is 6.36. The average molecular weight is 569 g/mol. The van der Waals surface area contributed by atoms with Gasteiger partial charge in [-0.15, -0.1) is 0 Å². The van der Waals surface area contributed by atoms with Crippen LogP contribution in [0.5, 0.6) is 0 Å². The van der Waals surface area contributed by atoms with Crippen molar-refractivity contribution in [3.8, 4) is 22.4 Å². The van der Waals surface area contributed by atoms with Gasteiger partial charge in [-0.2, -0.15) is 10.2 Å². The zero-order valence-electron chi connectivity index (χ0n) is 23.4. The molecule has 4 aromatic rings. The summed E-state index contributed by atoms with van der Waals surface area (Å²) in [6.07, 6.45) is 6.78. The first-order chi connectivity index (χ1) is 19.8. The standard InChI is InChI=1S/C32H33ClN6O2/c1-4-26(40)38-17-32(18-38)13-23(14-32)39-20(3)28(29-24-15-34-35-25(24)12-19(2)30(29)33)31(36-39)22-9-7-21(8-10-22)16-37-11-5-6-27(37)41/h4,7-10,12,15,23H,1,5-6,11,13-14,16-18H2,2-3H3,(H,34,35). The lowest BCUT2D eigenvalue weighted by Gasteiger charge is -2.58. The number of halogens is 1. The Balaban J connectivity index is 1.27. The molecule has 0 radical (unpaired) electrons. The number of amides is 2. The molecular formula is C32H33ClN6O2. The minimum Gasteiger partial charge on any atom is -0.338 e. The molecule has 8 nitrogen and oxygen atoms in total. The number of carbonyl (C=O) groups excluding carboxylic acids is 2. The van der Waals surface area contributed by atoms with Gasteiger partial charge < -0.3 is 9.80 Å². The van der Waals surface area contributed by atoms with Crippen molar-refractivity contribution >= 4 is 34.3 Å². The Hall–Kier alpha value is -3.91. The van der Waals surface area contributed by atoms with Crippen molar-refractivity contribution in [3.05, 3.63) is 71.0 Å². The lowest BCUT2D eigenvalue weighted by molar-refractivity contribution is -0.149. The molecule has 2 amide bonds. The normalized spacial score (nSPS) is 18.3. The van der Waals surface area contributed by atoms with Gasteiger partial charge in [0, 0.05) is 65.8 Å². The second-order valence-electron chi connectivity index (χ2n) is 12.0. The lowest BCUT2D eigenvalue weighted by Crippen LogP contribution is -2.63. The second-order valence-corrected chi connectivity index (χ2v) is 12.4. The van der Waals surface area contributed by atoms with Gasteiger partial charge in [-0.05, 0) is 56.4 Å². The third kappa shape index (κ3) is 4.19. The van der Waals surface area contributed by atoms with Crippen molar-refractivity contribution in [2.75, 3.05) is 19.6 Å². The molecule has 2 aromatic heterocycles. The Morgan fingerprint density at radius 1 is 1.20 bits per heavy atom.